The fraction of sp³-hybridized carbons (Fsp3) is 0.654. The molecule has 5 heteroatoms. The zero-order valence-corrected chi connectivity index (χ0v) is 20.5. The molecule has 0 saturated carbocycles. The fourth-order valence-corrected chi connectivity index (χ4v) is 5.32. The van der Waals surface area contributed by atoms with Crippen molar-refractivity contribution in [3.05, 3.63) is 42.0 Å². The summed E-state index contributed by atoms with van der Waals surface area (Å²) in [5, 5.41) is 0. The zero-order chi connectivity index (χ0) is 22.5. The molecular weight excluding hydrogens is 406 g/mol. The Hall–Kier alpha value is -1.46. The molecule has 1 fully saturated rings. The summed E-state index contributed by atoms with van der Waals surface area (Å²) >= 11 is 0. The van der Waals surface area contributed by atoms with Gasteiger partial charge in [-0.3, -0.25) is 4.79 Å². The first-order valence-electron chi connectivity index (χ1n) is 12.1. The third-order valence-electron chi connectivity index (χ3n) is 5.97. The normalized spacial score (nSPS) is 21.3. The van der Waals surface area contributed by atoms with Gasteiger partial charge >= 0.3 is 5.97 Å². The van der Waals surface area contributed by atoms with E-state index in [9.17, 15) is 9.00 Å². The van der Waals surface area contributed by atoms with Crippen LogP contribution in [0.15, 0.2) is 41.3 Å². The highest BCUT2D eigenvalue weighted by Gasteiger charge is 2.55. The van der Waals surface area contributed by atoms with Gasteiger partial charge in [-0.2, -0.15) is 4.31 Å². The van der Waals surface area contributed by atoms with Crippen molar-refractivity contribution in [3.8, 4) is 0 Å². The van der Waals surface area contributed by atoms with Crippen molar-refractivity contribution in [3.63, 3.8) is 0 Å². The predicted molar refractivity (Wildman–Crippen MR) is 129 cm³/mol. The minimum absolute atomic E-state index is 0.137. The van der Waals surface area contributed by atoms with Gasteiger partial charge in [-0.15, -0.1) is 0 Å². The molecule has 1 aliphatic heterocycles. The molecule has 0 aromatic heterocycles. The van der Waals surface area contributed by atoms with E-state index >= 15 is 0 Å². The standard InChI is InChI=1S/C26H41NO3S/c1-4-5-6-7-8-9-10-11-12-13-14-15-16-17-24-25(26(28)30-3)27(24)31(29)23-20-18-22(2)19-21-23/h16-21,24-25H,4-15H2,1-3H3/t24-,25-,27?,31?/m0/s1. The summed E-state index contributed by atoms with van der Waals surface area (Å²) in [6, 6.07) is 7.04. The maximum Gasteiger partial charge on any atom is 0.326 e. The molecule has 2 rings (SSSR count). The molecule has 0 amide bonds. The molecular formula is C26H41NO3S. The van der Waals surface area contributed by atoms with Crippen LogP contribution in [0.3, 0.4) is 0 Å². The van der Waals surface area contributed by atoms with E-state index in [1.54, 1.807) is 4.31 Å². The lowest BCUT2D eigenvalue weighted by atomic mass is 10.1. The van der Waals surface area contributed by atoms with Crippen molar-refractivity contribution < 1.29 is 13.7 Å². The van der Waals surface area contributed by atoms with E-state index in [0.29, 0.717) is 0 Å². The molecule has 0 spiro atoms. The molecule has 1 heterocycles. The summed E-state index contributed by atoms with van der Waals surface area (Å²) < 4.78 is 19.5. The van der Waals surface area contributed by atoms with Crippen molar-refractivity contribution in [2.45, 2.75) is 108 Å². The SMILES string of the molecule is CCCCCCCCCCCCCC=C[C@H]1[C@@H](C(=O)OC)N1S(=O)c1ccc(C)cc1. The van der Waals surface area contributed by atoms with E-state index in [1.165, 1.54) is 77.7 Å². The molecule has 0 bridgehead atoms. The Morgan fingerprint density at radius 3 is 2.06 bits per heavy atom. The largest absolute Gasteiger partial charge is 0.468 e. The lowest BCUT2D eigenvalue weighted by Crippen LogP contribution is -2.16. The number of hydrogen-bond donors (Lipinski definition) is 0. The number of nitrogens with zero attached hydrogens (tertiary/aromatic N) is 1. The highest BCUT2D eigenvalue weighted by atomic mass is 32.2. The summed E-state index contributed by atoms with van der Waals surface area (Å²) in [6.07, 6.45) is 19.9. The second kappa shape index (κ2) is 14.6. The number of carbonyl (C=O) groups excluding carboxylic acids is 1. The van der Waals surface area contributed by atoms with Crippen molar-refractivity contribution >= 4 is 17.0 Å². The number of rotatable bonds is 16. The van der Waals surface area contributed by atoms with Crippen LogP contribution in [0.4, 0.5) is 0 Å². The van der Waals surface area contributed by atoms with E-state index in [4.69, 9.17) is 4.74 Å². The number of benzene rings is 1. The molecule has 4 atom stereocenters. The Morgan fingerprint density at radius 2 is 1.52 bits per heavy atom. The number of hydrogen-bond acceptors (Lipinski definition) is 3. The number of unbranched alkanes of at least 4 members (excludes halogenated alkanes) is 11. The van der Waals surface area contributed by atoms with Gasteiger partial charge in [-0.25, -0.2) is 4.21 Å². The fourth-order valence-electron chi connectivity index (χ4n) is 3.93. The molecule has 4 nitrogen and oxygen atoms in total. The first-order chi connectivity index (χ1) is 15.1. The minimum atomic E-state index is -1.35. The Morgan fingerprint density at radius 1 is 0.968 bits per heavy atom. The van der Waals surface area contributed by atoms with Gasteiger partial charge in [0.15, 0.2) is 0 Å². The molecule has 0 radical (unpaired) electrons. The maximum atomic E-state index is 12.9. The summed E-state index contributed by atoms with van der Waals surface area (Å²) in [5.74, 6) is -0.315. The van der Waals surface area contributed by atoms with Crippen molar-refractivity contribution in [2.75, 3.05) is 7.11 Å². The van der Waals surface area contributed by atoms with E-state index in [1.807, 2.05) is 37.3 Å². The number of allylic oxidation sites excluding steroid dienone is 1. The monoisotopic (exact) mass is 447 g/mol. The average molecular weight is 448 g/mol. The Labute approximate surface area is 192 Å². The van der Waals surface area contributed by atoms with Crippen molar-refractivity contribution in [1.82, 2.24) is 4.31 Å². The quantitative estimate of drug-likeness (QED) is 0.126. The molecule has 1 aromatic rings. The lowest BCUT2D eigenvalue weighted by Gasteiger charge is -2.04. The number of aryl methyl sites for hydroxylation is 1. The molecule has 1 aliphatic rings. The Bertz CT molecular complexity index is 701. The van der Waals surface area contributed by atoms with Gasteiger partial charge in [0.2, 0.25) is 0 Å². The van der Waals surface area contributed by atoms with Gasteiger partial charge in [-0.1, -0.05) is 101 Å². The van der Waals surface area contributed by atoms with E-state index < -0.39 is 17.0 Å². The molecule has 1 aromatic carbocycles. The van der Waals surface area contributed by atoms with Gasteiger partial charge in [0, 0.05) is 0 Å². The van der Waals surface area contributed by atoms with Crippen LogP contribution in [0.25, 0.3) is 0 Å². The molecule has 174 valence electrons. The van der Waals surface area contributed by atoms with Crippen LogP contribution >= 0.6 is 0 Å². The molecule has 2 unspecified atom stereocenters. The van der Waals surface area contributed by atoms with Crippen molar-refractivity contribution in [1.29, 1.82) is 0 Å². The average Bonchev–Trinajstić information content (AvgIpc) is 3.50. The summed E-state index contributed by atoms with van der Waals surface area (Å²) in [5.41, 5.74) is 1.12. The highest BCUT2D eigenvalue weighted by molar-refractivity contribution is 7.83. The van der Waals surface area contributed by atoms with Crippen LogP contribution in [0.1, 0.15) is 89.5 Å². The molecule has 31 heavy (non-hydrogen) atoms. The second-order valence-electron chi connectivity index (χ2n) is 8.63. The van der Waals surface area contributed by atoms with Gasteiger partial charge < -0.3 is 4.74 Å². The zero-order valence-electron chi connectivity index (χ0n) is 19.7. The predicted octanol–water partition coefficient (Wildman–Crippen LogP) is 6.50. The Kier molecular flexibility index (Phi) is 12.1. The summed E-state index contributed by atoms with van der Waals surface area (Å²) in [6.45, 7) is 4.27. The number of carbonyl (C=O) groups is 1. The van der Waals surface area contributed by atoms with Crippen LogP contribution in [0.2, 0.25) is 0 Å². The molecule has 0 N–H and O–H groups in total. The first-order valence-corrected chi connectivity index (χ1v) is 13.2. The van der Waals surface area contributed by atoms with Crippen molar-refractivity contribution in [2.24, 2.45) is 0 Å². The van der Waals surface area contributed by atoms with Crippen LogP contribution in [-0.2, 0) is 20.5 Å². The van der Waals surface area contributed by atoms with Gasteiger partial charge in [0.05, 0.1) is 18.0 Å². The van der Waals surface area contributed by atoms with Gasteiger partial charge in [-0.05, 0) is 31.9 Å². The van der Waals surface area contributed by atoms with E-state index in [0.717, 1.165) is 16.9 Å². The lowest BCUT2D eigenvalue weighted by molar-refractivity contribution is -0.140. The highest BCUT2D eigenvalue weighted by Crippen LogP contribution is 2.35. The number of methoxy groups -OCH3 is 1. The number of ether oxygens (including phenoxy) is 1. The van der Waals surface area contributed by atoms with E-state index in [-0.39, 0.29) is 12.0 Å². The third kappa shape index (κ3) is 8.89. The minimum Gasteiger partial charge on any atom is -0.468 e. The van der Waals surface area contributed by atoms with Crippen LogP contribution < -0.4 is 0 Å². The summed E-state index contributed by atoms with van der Waals surface area (Å²) in [7, 11) is 0.0384. The number of esters is 1. The molecule has 1 saturated heterocycles. The van der Waals surface area contributed by atoms with Crippen LogP contribution in [0, 0.1) is 6.92 Å². The first kappa shape index (κ1) is 25.8. The van der Waals surface area contributed by atoms with Gasteiger partial charge in [0.25, 0.3) is 0 Å². The smallest absolute Gasteiger partial charge is 0.326 e. The molecule has 0 aliphatic carbocycles. The second-order valence-corrected chi connectivity index (χ2v) is 10.0. The third-order valence-corrected chi connectivity index (χ3v) is 7.50. The summed E-state index contributed by atoms with van der Waals surface area (Å²) in [4.78, 5) is 12.8. The van der Waals surface area contributed by atoms with Crippen LogP contribution in [-0.4, -0.2) is 33.7 Å². The Balaban J connectivity index is 1.64. The van der Waals surface area contributed by atoms with Gasteiger partial charge in [0.1, 0.15) is 17.0 Å². The topological polar surface area (TPSA) is 46.4 Å². The maximum absolute atomic E-state index is 12.9. The van der Waals surface area contributed by atoms with Crippen LogP contribution in [0.5, 0.6) is 0 Å². The van der Waals surface area contributed by atoms with E-state index in [2.05, 4.69) is 13.0 Å².